The van der Waals surface area contributed by atoms with Crippen LogP contribution in [0.4, 0.5) is 0 Å². The Morgan fingerprint density at radius 2 is 1.93 bits per heavy atom. The summed E-state index contributed by atoms with van der Waals surface area (Å²) in [6.45, 7) is 1.91. The molecule has 2 atom stereocenters. The lowest BCUT2D eigenvalue weighted by Crippen LogP contribution is -2.45. The highest BCUT2D eigenvalue weighted by Crippen LogP contribution is 2.29. The van der Waals surface area contributed by atoms with Gasteiger partial charge in [-0.15, -0.1) is 11.3 Å². The summed E-state index contributed by atoms with van der Waals surface area (Å²) in [6, 6.07) is 10.2. The summed E-state index contributed by atoms with van der Waals surface area (Å²) in [5.74, 6) is -0.426. The maximum absolute atomic E-state index is 12.4. The molecule has 2 N–H and O–H groups in total. The molecule has 0 spiro atoms. The van der Waals surface area contributed by atoms with E-state index in [4.69, 9.17) is 11.6 Å². The fraction of sp³-hybridized carbons (Fsp3) is 0.368. The number of carbonyl (C=O) groups is 2. The van der Waals surface area contributed by atoms with Crippen molar-refractivity contribution in [2.24, 2.45) is 5.92 Å². The molecule has 1 aliphatic heterocycles. The van der Waals surface area contributed by atoms with Gasteiger partial charge in [0.05, 0.1) is 16.4 Å². The van der Waals surface area contributed by atoms with Crippen molar-refractivity contribution < 1.29 is 18.0 Å². The van der Waals surface area contributed by atoms with E-state index in [2.05, 4.69) is 10.6 Å². The molecule has 1 aromatic heterocycles. The molecule has 2 unspecified atom stereocenters. The maximum Gasteiger partial charge on any atom is 0.262 e. The molecule has 1 fully saturated rings. The third kappa shape index (κ3) is 5.33. The molecule has 0 bridgehead atoms. The number of nitrogens with one attached hydrogen (secondary N) is 2. The van der Waals surface area contributed by atoms with E-state index in [0.717, 1.165) is 10.4 Å². The Bertz CT molecular complexity index is 970. The number of hydrogen-bond acceptors (Lipinski definition) is 5. The molecule has 28 heavy (non-hydrogen) atoms. The number of thiophene rings is 1. The molecule has 1 aromatic carbocycles. The Morgan fingerprint density at radius 3 is 2.57 bits per heavy atom. The van der Waals surface area contributed by atoms with Crippen molar-refractivity contribution in [3.05, 3.63) is 46.3 Å². The summed E-state index contributed by atoms with van der Waals surface area (Å²) >= 11 is 7.23. The first-order valence-electron chi connectivity index (χ1n) is 8.88. The van der Waals surface area contributed by atoms with E-state index in [1.165, 1.54) is 11.3 Å². The zero-order valence-corrected chi connectivity index (χ0v) is 17.7. The van der Waals surface area contributed by atoms with Gasteiger partial charge < -0.3 is 10.6 Å². The summed E-state index contributed by atoms with van der Waals surface area (Å²) in [4.78, 5) is 26.1. The number of hydrogen-bond donors (Lipinski definition) is 2. The van der Waals surface area contributed by atoms with Gasteiger partial charge in [-0.25, -0.2) is 8.42 Å². The molecular weight excluding hydrogens is 420 g/mol. The molecule has 6 nitrogen and oxygen atoms in total. The molecule has 1 aliphatic rings. The standard InChI is InChI=1S/C19H21ClN2O4S2/c1-12(18(23)21-10-13-8-9-28(25,26)11-13)22-19(24)17-7-6-16(27-17)14-2-4-15(20)5-3-14/h2-7,12-13H,8-11H2,1H3,(H,21,23)(H,22,24). The molecule has 1 saturated heterocycles. The molecule has 9 heteroatoms. The number of halogens is 1. The summed E-state index contributed by atoms with van der Waals surface area (Å²) in [5.41, 5.74) is 0.964. The smallest absolute Gasteiger partial charge is 0.262 e. The van der Waals surface area contributed by atoms with Crippen LogP contribution in [0.1, 0.15) is 23.0 Å². The monoisotopic (exact) mass is 440 g/mol. The van der Waals surface area contributed by atoms with Crippen LogP contribution in [0.25, 0.3) is 10.4 Å². The minimum absolute atomic E-state index is 0.0592. The van der Waals surface area contributed by atoms with E-state index in [-0.39, 0.29) is 29.2 Å². The second kappa shape index (κ2) is 8.63. The minimum Gasteiger partial charge on any atom is -0.354 e. The van der Waals surface area contributed by atoms with Crippen LogP contribution in [0, 0.1) is 5.92 Å². The van der Waals surface area contributed by atoms with Crippen LogP contribution in [0.15, 0.2) is 36.4 Å². The molecule has 0 saturated carbocycles. The van der Waals surface area contributed by atoms with Gasteiger partial charge in [0.2, 0.25) is 5.91 Å². The van der Waals surface area contributed by atoms with Crippen molar-refractivity contribution in [2.45, 2.75) is 19.4 Å². The minimum atomic E-state index is -2.97. The molecule has 2 heterocycles. The predicted octanol–water partition coefficient (Wildman–Crippen LogP) is 2.74. The highest BCUT2D eigenvalue weighted by atomic mass is 35.5. The number of rotatable bonds is 6. The van der Waals surface area contributed by atoms with Gasteiger partial charge in [-0.3, -0.25) is 9.59 Å². The molecule has 0 aliphatic carbocycles. The SMILES string of the molecule is CC(NC(=O)c1ccc(-c2ccc(Cl)cc2)s1)C(=O)NCC1CCS(=O)(=O)C1. The van der Waals surface area contributed by atoms with Crippen LogP contribution in [0.5, 0.6) is 0 Å². The molecule has 0 radical (unpaired) electrons. The van der Waals surface area contributed by atoms with Gasteiger partial charge in [-0.05, 0) is 49.1 Å². The zero-order chi connectivity index (χ0) is 20.3. The van der Waals surface area contributed by atoms with E-state index in [0.29, 0.717) is 22.9 Å². The summed E-state index contributed by atoms with van der Waals surface area (Å²) < 4.78 is 22.9. The molecule has 3 rings (SSSR count). The second-order valence-corrected chi connectivity index (χ2v) is 10.6. The van der Waals surface area contributed by atoms with Crippen molar-refractivity contribution in [1.82, 2.24) is 10.6 Å². The van der Waals surface area contributed by atoms with E-state index in [1.54, 1.807) is 25.1 Å². The second-order valence-electron chi connectivity index (χ2n) is 6.88. The van der Waals surface area contributed by atoms with Crippen LogP contribution in [-0.4, -0.2) is 44.3 Å². The van der Waals surface area contributed by atoms with Gasteiger partial charge in [0.15, 0.2) is 9.84 Å². The van der Waals surface area contributed by atoms with Crippen molar-refractivity contribution >= 4 is 44.6 Å². The van der Waals surface area contributed by atoms with E-state index < -0.39 is 15.9 Å². The zero-order valence-electron chi connectivity index (χ0n) is 15.3. The Morgan fingerprint density at radius 1 is 1.21 bits per heavy atom. The van der Waals surface area contributed by atoms with Gasteiger partial charge in [0, 0.05) is 16.4 Å². The Hall–Kier alpha value is -1.90. The van der Waals surface area contributed by atoms with E-state index in [9.17, 15) is 18.0 Å². The molecular formula is C19H21ClN2O4S2. The van der Waals surface area contributed by atoms with Crippen LogP contribution in [-0.2, 0) is 14.6 Å². The summed E-state index contributed by atoms with van der Waals surface area (Å²) in [7, 11) is -2.97. The maximum atomic E-state index is 12.4. The highest BCUT2D eigenvalue weighted by molar-refractivity contribution is 7.91. The van der Waals surface area contributed by atoms with Crippen LogP contribution < -0.4 is 10.6 Å². The molecule has 150 valence electrons. The highest BCUT2D eigenvalue weighted by Gasteiger charge is 2.28. The number of sulfone groups is 1. The van der Waals surface area contributed by atoms with Crippen molar-refractivity contribution in [1.29, 1.82) is 0 Å². The van der Waals surface area contributed by atoms with Crippen LogP contribution in [0.3, 0.4) is 0 Å². The van der Waals surface area contributed by atoms with E-state index in [1.807, 2.05) is 18.2 Å². The first kappa shape index (κ1) is 20.8. The Kier molecular flexibility index (Phi) is 6.42. The predicted molar refractivity (Wildman–Crippen MR) is 111 cm³/mol. The van der Waals surface area contributed by atoms with Crippen molar-refractivity contribution in [3.8, 4) is 10.4 Å². The fourth-order valence-corrected chi connectivity index (χ4v) is 5.90. The summed E-state index contributed by atoms with van der Waals surface area (Å²) in [6.07, 6.45) is 0.562. The first-order valence-corrected chi connectivity index (χ1v) is 11.9. The van der Waals surface area contributed by atoms with Crippen LogP contribution in [0.2, 0.25) is 5.02 Å². The lowest BCUT2D eigenvalue weighted by Gasteiger charge is -2.15. The number of amides is 2. The van der Waals surface area contributed by atoms with Gasteiger partial charge >= 0.3 is 0 Å². The first-order chi connectivity index (χ1) is 13.2. The fourth-order valence-electron chi connectivity index (χ4n) is 2.99. The van der Waals surface area contributed by atoms with Gasteiger partial charge in [-0.2, -0.15) is 0 Å². The van der Waals surface area contributed by atoms with Gasteiger partial charge in [-0.1, -0.05) is 23.7 Å². The van der Waals surface area contributed by atoms with Crippen molar-refractivity contribution in [3.63, 3.8) is 0 Å². The lowest BCUT2D eigenvalue weighted by molar-refractivity contribution is -0.122. The lowest BCUT2D eigenvalue weighted by atomic mass is 10.1. The Balaban J connectivity index is 1.52. The quantitative estimate of drug-likeness (QED) is 0.722. The van der Waals surface area contributed by atoms with Crippen LogP contribution >= 0.6 is 22.9 Å². The van der Waals surface area contributed by atoms with Gasteiger partial charge in [0.1, 0.15) is 6.04 Å². The Labute approximate surface area is 173 Å². The molecule has 2 aromatic rings. The van der Waals surface area contributed by atoms with Crippen molar-refractivity contribution in [2.75, 3.05) is 18.1 Å². The average Bonchev–Trinajstić information content (AvgIpc) is 3.27. The summed E-state index contributed by atoms with van der Waals surface area (Å²) in [5, 5.41) is 6.06. The normalized spacial score (nSPS) is 19.1. The molecule has 2 amide bonds. The topological polar surface area (TPSA) is 92.3 Å². The number of benzene rings is 1. The average molecular weight is 441 g/mol. The van der Waals surface area contributed by atoms with E-state index >= 15 is 0 Å². The van der Waals surface area contributed by atoms with Gasteiger partial charge in [0.25, 0.3) is 5.91 Å². The largest absolute Gasteiger partial charge is 0.354 e. The third-order valence-electron chi connectivity index (χ3n) is 4.59. The third-order valence-corrected chi connectivity index (χ3v) is 7.81. The number of carbonyl (C=O) groups excluding carboxylic acids is 2.